The Morgan fingerprint density at radius 3 is 2.45 bits per heavy atom. The second-order valence-corrected chi connectivity index (χ2v) is 5.65. The minimum atomic E-state index is 0.552. The maximum absolute atomic E-state index is 6.18. The molecular formula is C15H11BrClN3. The Morgan fingerprint density at radius 1 is 1.05 bits per heavy atom. The highest BCUT2D eigenvalue weighted by Gasteiger charge is 2.10. The lowest BCUT2D eigenvalue weighted by molar-refractivity contribution is 0.895. The van der Waals surface area contributed by atoms with E-state index in [9.17, 15) is 0 Å². The summed E-state index contributed by atoms with van der Waals surface area (Å²) >= 11 is 9.60. The van der Waals surface area contributed by atoms with Gasteiger partial charge in [0.25, 0.3) is 0 Å². The molecule has 0 fully saturated rings. The first-order valence-corrected chi connectivity index (χ1v) is 7.18. The zero-order chi connectivity index (χ0) is 14.1. The minimum Gasteiger partial charge on any atom is -0.384 e. The Balaban J connectivity index is 2.08. The largest absolute Gasteiger partial charge is 0.384 e. The van der Waals surface area contributed by atoms with Crippen LogP contribution in [0.4, 0.5) is 5.82 Å². The van der Waals surface area contributed by atoms with Crippen LogP contribution in [0.25, 0.3) is 16.9 Å². The Labute approximate surface area is 130 Å². The van der Waals surface area contributed by atoms with E-state index >= 15 is 0 Å². The quantitative estimate of drug-likeness (QED) is 0.739. The summed E-state index contributed by atoms with van der Waals surface area (Å²) in [5.74, 6) is 0.552. The van der Waals surface area contributed by atoms with E-state index in [4.69, 9.17) is 17.3 Å². The van der Waals surface area contributed by atoms with Crippen LogP contribution >= 0.6 is 27.5 Å². The van der Waals surface area contributed by atoms with Gasteiger partial charge in [-0.25, -0.2) is 4.68 Å². The van der Waals surface area contributed by atoms with E-state index in [1.165, 1.54) is 0 Å². The standard InChI is InChI=1S/C15H11BrClN3/c16-11-7-5-10(6-8-11)13-9-15(18)20(19-13)14-4-2-1-3-12(14)17/h1-9H,18H2. The van der Waals surface area contributed by atoms with E-state index in [-0.39, 0.29) is 0 Å². The first-order chi connectivity index (χ1) is 9.65. The van der Waals surface area contributed by atoms with Gasteiger partial charge >= 0.3 is 0 Å². The molecule has 2 aromatic carbocycles. The van der Waals surface area contributed by atoms with Crippen molar-refractivity contribution in [3.63, 3.8) is 0 Å². The average Bonchev–Trinajstić information content (AvgIpc) is 2.82. The van der Waals surface area contributed by atoms with E-state index in [2.05, 4.69) is 21.0 Å². The number of hydrogen-bond acceptors (Lipinski definition) is 2. The SMILES string of the molecule is Nc1cc(-c2ccc(Br)cc2)nn1-c1ccccc1Cl. The lowest BCUT2D eigenvalue weighted by atomic mass is 10.2. The number of halogens is 2. The van der Waals surface area contributed by atoms with Crippen molar-refractivity contribution in [3.05, 3.63) is 64.1 Å². The van der Waals surface area contributed by atoms with Crippen LogP contribution < -0.4 is 5.73 Å². The normalized spacial score (nSPS) is 10.7. The first-order valence-electron chi connectivity index (χ1n) is 6.01. The monoisotopic (exact) mass is 347 g/mol. The number of hydrogen-bond donors (Lipinski definition) is 1. The number of nitrogens with zero attached hydrogens (tertiary/aromatic N) is 2. The van der Waals surface area contributed by atoms with Crippen molar-refractivity contribution >= 4 is 33.3 Å². The molecule has 5 heteroatoms. The van der Waals surface area contributed by atoms with Gasteiger partial charge in [0.05, 0.1) is 16.4 Å². The molecule has 0 saturated carbocycles. The third-order valence-corrected chi connectivity index (χ3v) is 3.81. The van der Waals surface area contributed by atoms with Crippen LogP contribution in [-0.4, -0.2) is 9.78 Å². The number of anilines is 1. The first kappa shape index (κ1) is 13.2. The van der Waals surface area contributed by atoms with Crippen LogP contribution in [0.2, 0.25) is 5.02 Å². The van der Waals surface area contributed by atoms with Gasteiger partial charge < -0.3 is 5.73 Å². The Bertz CT molecular complexity index is 750. The molecule has 3 nitrogen and oxygen atoms in total. The van der Waals surface area contributed by atoms with Crippen LogP contribution in [-0.2, 0) is 0 Å². The van der Waals surface area contributed by atoms with Gasteiger partial charge in [0.15, 0.2) is 0 Å². The smallest absolute Gasteiger partial charge is 0.127 e. The molecule has 20 heavy (non-hydrogen) atoms. The molecule has 0 aliphatic rings. The second kappa shape index (κ2) is 5.31. The van der Waals surface area contributed by atoms with Crippen LogP contribution in [0.1, 0.15) is 0 Å². The van der Waals surface area contributed by atoms with Crippen molar-refractivity contribution in [2.24, 2.45) is 0 Å². The zero-order valence-electron chi connectivity index (χ0n) is 10.4. The van der Waals surface area contributed by atoms with Gasteiger partial charge in [-0.3, -0.25) is 0 Å². The molecule has 100 valence electrons. The van der Waals surface area contributed by atoms with Crippen LogP contribution in [0, 0.1) is 0 Å². The zero-order valence-corrected chi connectivity index (χ0v) is 12.8. The molecule has 3 rings (SSSR count). The summed E-state index contributed by atoms with van der Waals surface area (Å²) in [4.78, 5) is 0. The van der Waals surface area contributed by atoms with Crippen molar-refractivity contribution in [1.82, 2.24) is 9.78 Å². The van der Waals surface area contributed by atoms with E-state index < -0.39 is 0 Å². The summed E-state index contributed by atoms with van der Waals surface area (Å²) in [5, 5.41) is 5.15. The molecule has 0 atom stereocenters. The number of nitrogen functional groups attached to an aromatic ring is 1. The van der Waals surface area contributed by atoms with Crippen molar-refractivity contribution in [2.45, 2.75) is 0 Å². The van der Waals surface area contributed by atoms with Gasteiger partial charge in [-0.15, -0.1) is 0 Å². The lowest BCUT2D eigenvalue weighted by Crippen LogP contribution is -2.02. The van der Waals surface area contributed by atoms with E-state index in [1.54, 1.807) is 4.68 Å². The summed E-state index contributed by atoms with van der Waals surface area (Å²) < 4.78 is 2.68. The van der Waals surface area contributed by atoms with Crippen LogP contribution in [0.15, 0.2) is 59.1 Å². The van der Waals surface area contributed by atoms with Gasteiger partial charge in [0, 0.05) is 16.1 Å². The van der Waals surface area contributed by atoms with Gasteiger partial charge in [-0.2, -0.15) is 5.10 Å². The molecule has 2 N–H and O–H groups in total. The number of aromatic nitrogens is 2. The van der Waals surface area contributed by atoms with Crippen molar-refractivity contribution in [2.75, 3.05) is 5.73 Å². The fourth-order valence-electron chi connectivity index (χ4n) is 1.97. The summed E-state index contributed by atoms with van der Waals surface area (Å²) in [6.45, 7) is 0. The molecular weight excluding hydrogens is 338 g/mol. The molecule has 0 radical (unpaired) electrons. The molecule has 1 aromatic heterocycles. The molecule has 0 unspecified atom stereocenters. The Kier molecular flexibility index (Phi) is 3.51. The van der Waals surface area contributed by atoms with Gasteiger partial charge in [0.1, 0.15) is 5.82 Å². The van der Waals surface area contributed by atoms with Crippen molar-refractivity contribution in [3.8, 4) is 16.9 Å². The molecule has 0 aliphatic carbocycles. The fraction of sp³-hybridized carbons (Fsp3) is 0. The number of para-hydroxylation sites is 1. The van der Waals surface area contributed by atoms with E-state index in [1.807, 2.05) is 54.6 Å². The third-order valence-electron chi connectivity index (χ3n) is 2.96. The summed E-state index contributed by atoms with van der Waals surface area (Å²) in [6, 6.07) is 17.2. The minimum absolute atomic E-state index is 0.552. The molecule has 0 saturated heterocycles. The molecule has 3 aromatic rings. The average molecular weight is 349 g/mol. The summed E-state index contributed by atoms with van der Waals surface area (Å²) in [5.41, 5.74) is 8.64. The fourth-order valence-corrected chi connectivity index (χ4v) is 2.45. The predicted molar refractivity (Wildman–Crippen MR) is 86.1 cm³/mol. The Hall–Kier alpha value is -1.78. The number of rotatable bonds is 2. The predicted octanol–water partition coefficient (Wildman–Crippen LogP) is 4.54. The van der Waals surface area contributed by atoms with Crippen molar-refractivity contribution < 1.29 is 0 Å². The number of benzene rings is 2. The van der Waals surface area contributed by atoms with Gasteiger partial charge in [-0.05, 0) is 24.3 Å². The highest BCUT2D eigenvalue weighted by atomic mass is 79.9. The van der Waals surface area contributed by atoms with E-state index in [0.717, 1.165) is 21.4 Å². The van der Waals surface area contributed by atoms with Gasteiger partial charge in [0.2, 0.25) is 0 Å². The summed E-state index contributed by atoms with van der Waals surface area (Å²) in [7, 11) is 0. The maximum atomic E-state index is 6.18. The van der Waals surface area contributed by atoms with Gasteiger partial charge in [-0.1, -0.05) is 51.8 Å². The van der Waals surface area contributed by atoms with Crippen molar-refractivity contribution in [1.29, 1.82) is 0 Å². The molecule has 0 amide bonds. The maximum Gasteiger partial charge on any atom is 0.127 e. The van der Waals surface area contributed by atoms with Crippen LogP contribution in [0.5, 0.6) is 0 Å². The summed E-state index contributed by atoms with van der Waals surface area (Å²) in [6.07, 6.45) is 0. The lowest BCUT2D eigenvalue weighted by Gasteiger charge is -2.05. The highest BCUT2D eigenvalue weighted by Crippen LogP contribution is 2.27. The van der Waals surface area contributed by atoms with E-state index in [0.29, 0.717) is 10.8 Å². The topological polar surface area (TPSA) is 43.8 Å². The third kappa shape index (κ3) is 2.44. The van der Waals surface area contributed by atoms with Crippen LogP contribution in [0.3, 0.4) is 0 Å². The molecule has 0 bridgehead atoms. The molecule has 0 aliphatic heterocycles. The second-order valence-electron chi connectivity index (χ2n) is 4.32. The highest BCUT2D eigenvalue weighted by molar-refractivity contribution is 9.10. The number of nitrogens with two attached hydrogens (primary N) is 1. The molecule has 0 spiro atoms. The Morgan fingerprint density at radius 2 is 1.75 bits per heavy atom. The molecule has 1 heterocycles.